The van der Waals surface area contributed by atoms with E-state index in [0.717, 1.165) is 19.6 Å². The van der Waals surface area contributed by atoms with E-state index in [4.69, 9.17) is 52.2 Å². The molecule has 0 aromatic carbocycles. The van der Waals surface area contributed by atoms with Crippen molar-refractivity contribution in [1.29, 1.82) is 0 Å². The first-order chi connectivity index (χ1) is 23.2. The van der Waals surface area contributed by atoms with Crippen LogP contribution in [0.1, 0.15) is 213 Å². The topological polar surface area (TPSA) is 262 Å². The molecular formula is C36H88N4O8S2. The van der Waals surface area contributed by atoms with Crippen molar-refractivity contribution in [3.63, 3.8) is 0 Å². The third kappa shape index (κ3) is 118. The van der Waals surface area contributed by atoms with Gasteiger partial charge < -0.3 is 23.4 Å². The molecule has 0 bridgehead atoms. The zero-order chi connectivity index (χ0) is 38.3. The van der Waals surface area contributed by atoms with Gasteiger partial charge in [0, 0.05) is 0 Å². The van der Waals surface area contributed by atoms with E-state index in [9.17, 15) is 0 Å². The van der Waals surface area contributed by atoms with Crippen LogP contribution in [0.15, 0.2) is 0 Å². The Kier molecular flexibility index (Phi) is 68.2. The Morgan fingerprint density at radius 1 is 0.300 bits per heavy atom. The summed E-state index contributed by atoms with van der Waals surface area (Å²) >= 11 is 0. The van der Waals surface area contributed by atoms with Crippen LogP contribution in [0.4, 0.5) is 0 Å². The minimum Gasteiger partial charge on any atom is -0.344 e. The van der Waals surface area contributed by atoms with Crippen LogP contribution < -0.4 is 23.4 Å². The lowest BCUT2D eigenvalue weighted by Gasteiger charge is -2.00. The van der Waals surface area contributed by atoms with Crippen LogP contribution in [-0.2, 0) is 20.8 Å². The lowest BCUT2D eigenvalue weighted by molar-refractivity contribution is 0.378. The molecule has 0 saturated carbocycles. The van der Waals surface area contributed by atoms with Crippen molar-refractivity contribution in [2.75, 3.05) is 19.6 Å². The third-order valence-electron chi connectivity index (χ3n) is 7.67. The second kappa shape index (κ2) is 55.3. The molecule has 12 nitrogen and oxygen atoms in total. The number of hydrogen-bond donors (Lipinski definition) is 8. The Bertz CT molecular complexity index is 635. The average molecular weight is 769 g/mol. The highest BCUT2D eigenvalue weighted by Gasteiger charge is 1.93. The molecular weight excluding hydrogens is 681 g/mol. The van der Waals surface area contributed by atoms with Crippen molar-refractivity contribution in [3.8, 4) is 0 Å². The number of rotatable bonds is 30. The van der Waals surface area contributed by atoms with Gasteiger partial charge >= 0.3 is 20.8 Å². The van der Waals surface area contributed by atoms with Gasteiger partial charge in [-0.05, 0) is 38.9 Å². The van der Waals surface area contributed by atoms with Gasteiger partial charge in [0.2, 0.25) is 0 Å². The lowest BCUT2D eigenvalue weighted by Crippen LogP contribution is -1.97. The molecule has 0 aliphatic rings. The van der Waals surface area contributed by atoms with Gasteiger partial charge in [0.05, 0.1) is 0 Å². The second-order valence-corrected chi connectivity index (χ2v) is 14.6. The van der Waals surface area contributed by atoms with E-state index in [1.54, 1.807) is 0 Å². The molecule has 0 rings (SSSR count). The van der Waals surface area contributed by atoms with Crippen LogP contribution in [0.5, 0.6) is 0 Å². The standard InChI is InChI=1S/3C12H27N.H3N.2H2O4S/c3*1-2-3-4-5-6-7-8-9-10-11-12-13;;2*1-5(2,3)4/h3*2-13H2,1H3;1H3;2*(H2,1,2,3,4). The van der Waals surface area contributed by atoms with Crippen molar-refractivity contribution in [1.82, 2.24) is 6.15 Å². The van der Waals surface area contributed by atoms with Gasteiger partial charge in [-0.1, -0.05) is 194 Å². The van der Waals surface area contributed by atoms with Gasteiger partial charge in [-0.2, -0.15) is 16.8 Å². The Labute approximate surface area is 311 Å². The number of hydrogen-bond acceptors (Lipinski definition) is 8. The van der Waals surface area contributed by atoms with Crippen molar-refractivity contribution in [3.05, 3.63) is 0 Å². The van der Waals surface area contributed by atoms with Crippen LogP contribution in [-0.4, -0.2) is 54.7 Å². The summed E-state index contributed by atoms with van der Waals surface area (Å²) in [5.41, 5.74) is 16.3. The minimum absolute atomic E-state index is 0. The summed E-state index contributed by atoms with van der Waals surface area (Å²) < 4.78 is 63.2. The maximum Gasteiger partial charge on any atom is 0.394 e. The molecule has 0 aliphatic heterocycles. The smallest absolute Gasteiger partial charge is 0.344 e. The van der Waals surface area contributed by atoms with E-state index in [2.05, 4.69) is 20.8 Å². The number of nitrogens with two attached hydrogens (primary N) is 3. The van der Waals surface area contributed by atoms with Gasteiger partial charge in [-0.25, -0.2) is 0 Å². The molecule has 0 aliphatic carbocycles. The van der Waals surface area contributed by atoms with Crippen LogP contribution in [0, 0.1) is 0 Å². The van der Waals surface area contributed by atoms with E-state index >= 15 is 0 Å². The van der Waals surface area contributed by atoms with Crippen molar-refractivity contribution >= 4 is 20.8 Å². The molecule has 50 heavy (non-hydrogen) atoms. The summed E-state index contributed by atoms with van der Waals surface area (Å²) in [5.74, 6) is 0. The fraction of sp³-hybridized carbons (Fsp3) is 1.00. The van der Waals surface area contributed by atoms with Gasteiger partial charge in [0.1, 0.15) is 0 Å². The maximum atomic E-state index is 8.74. The molecule has 14 heteroatoms. The first-order valence-corrected chi connectivity index (χ1v) is 22.5. The zero-order valence-corrected chi connectivity index (χ0v) is 34.6. The van der Waals surface area contributed by atoms with E-state index in [1.165, 1.54) is 193 Å². The van der Waals surface area contributed by atoms with Gasteiger partial charge in [-0.3, -0.25) is 18.2 Å². The average Bonchev–Trinajstić information content (AvgIpc) is 3.02. The molecule has 0 spiro atoms. The molecule has 0 heterocycles. The fourth-order valence-electron chi connectivity index (χ4n) is 4.90. The maximum absolute atomic E-state index is 8.74. The largest absolute Gasteiger partial charge is 0.394 e. The second-order valence-electron chi connectivity index (χ2n) is 12.8. The molecule has 0 aromatic heterocycles. The molecule has 0 fully saturated rings. The van der Waals surface area contributed by atoms with Crippen LogP contribution in [0.3, 0.4) is 0 Å². The summed E-state index contributed by atoms with van der Waals surface area (Å²) in [6, 6.07) is 0. The molecule has 0 atom stereocenters. The molecule has 0 aromatic rings. The normalized spacial score (nSPS) is 10.6. The highest BCUT2D eigenvalue weighted by molar-refractivity contribution is 7.80. The van der Waals surface area contributed by atoms with Crippen LogP contribution in [0.25, 0.3) is 0 Å². The predicted octanol–water partition coefficient (Wildman–Crippen LogP) is 10.5. The fourth-order valence-corrected chi connectivity index (χ4v) is 4.90. The SMILES string of the molecule is CCCCCCCCCCCCN.CCCCCCCCCCCCN.CCCCCCCCCCCCN.N.O=S(=O)(O)O.O=S(=O)(O)O. The van der Waals surface area contributed by atoms with Crippen molar-refractivity contribution < 1.29 is 35.0 Å². The Morgan fingerprint density at radius 2 is 0.400 bits per heavy atom. The zero-order valence-electron chi connectivity index (χ0n) is 33.0. The summed E-state index contributed by atoms with van der Waals surface area (Å²) in [6.07, 6.45) is 41.8. The van der Waals surface area contributed by atoms with E-state index < -0.39 is 20.8 Å². The monoisotopic (exact) mass is 769 g/mol. The van der Waals surface area contributed by atoms with E-state index in [-0.39, 0.29) is 6.15 Å². The molecule has 0 unspecified atom stereocenters. The molecule has 0 amide bonds. The quantitative estimate of drug-likeness (QED) is 0.0250. The highest BCUT2D eigenvalue weighted by atomic mass is 32.3. The van der Waals surface area contributed by atoms with E-state index in [0.29, 0.717) is 0 Å². The summed E-state index contributed by atoms with van der Waals surface area (Å²) in [6.45, 7) is 9.43. The Hall–Kier alpha value is -0.420. The Morgan fingerprint density at radius 3 is 0.500 bits per heavy atom. The molecule has 312 valence electrons. The molecule has 13 N–H and O–H groups in total. The van der Waals surface area contributed by atoms with Crippen molar-refractivity contribution in [2.24, 2.45) is 17.2 Å². The van der Waals surface area contributed by atoms with Gasteiger partial charge in [-0.15, -0.1) is 0 Å². The first-order valence-electron chi connectivity index (χ1n) is 19.7. The van der Waals surface area contributed by atoms with Crippen LogP contribution >= 0.6 is 0 Å². The predicted molar refractivity (Wildman–Crippen MR) is 216 cm³/mol. The van der Waals surface area contributed by atoms with Crippen LogP contribution in [0.2, 0.25) is 0 Å². The summed E-state index contributed by atoms with van der Waals surface area (Å²) in [5, 5.41) is 0. The highest BCUT2D eigenvalue weighted by Crippen LogP contribution is 2.12. The Balaban J connectivity index is -0.000000127. The third-order valence-corrected chi connectivity index (χ3v) is 7.67. The van der Waals surface area contributed by atoms with Gasteiger partial charge in [0.15, 0.2) is 0 Å². The van der Waals surface area contributed by atoms with Crippen molar-refractivity contribution in [2.45, 2.75) is 213 Å². The first kappa shape index (κ1) is 61.6. The molecule has 0 saturated heterocycles. The molecule has 0 radical (unpaired) electrons. The lowest BCUT2D eigenvalue weighted by atomic mass is 10.1. The minimum atomic E-state index is -4.67. The van der Waals surface area contributed by atoms with Gasteiger partial charge in [0.25, 0.3) is 0 Å². The summed E-state index contributed by atoms with van der Waals surface area (Å²) in [4.78, 5) is 0. The van der Waals surface area contributed by atoms with E-state index in [1.807, 2.05) is 0 Å². The number of unbranched alkanes of at least 4 members (excludes halogenated alkanes) is 27. The summed E-state index contributed by atoms with van der Waals surface area (Å²) in [7, 11) is -9.33.